The molecule has 1 fully saturated rings. The van der Waals surface area contributed by atoms with E-state index in [-0.39, 0.29) is 38.8 Å². The molecular weight excluding hydrogens is 468 g/mol. The van der Waals surface area contributed by atoms with Crippen LogP contribution >= 0.6 is 0 Å². The summed E-state index contributed by atoms with van der Waals surface area (Å²) in [6.07, 6.45) is 7.68. The van der Waals surface area contributed by atoms with E-state index in [9.17, 15) is 20.1 Å². The first-order chi connectivity index (χ1) is 17.1. The van der Waals surface area contributed by atoms with Crippen LogP contribution in [0, 0.1) is 44.3 Å². The van der Waals surface area contributed by atoms with E-state index in [1.54, 1.807) is 0 Å². The highest BCUT2D eigenvalue weighted by Gasteiger charge is 2.43. The Morgan fingerprint density at radius 2 is 0.763 bits per heavy atom. The lowest BCUT2D eigenvalue weighted by Gasteiger charge is -2.31. The van der Waals surface area contributed by atoms with Crippen LogP contribution < -0.4 is 0 Å². The topological polar surface area (TPSA) is 81.7 Å². The quantitative estimate of drug-likeness (QED) is 0.310. The van der Waals surface area contributed by atoms with E-state index in [0.29, 0.717) is 27.9 Å². The van der Waals surface area contributed by atoms with Gasteiger partial charge in [0.1, 0.15) is 17.7 Å². The SMILES string of the molecule is CC(C)(C)C1=CC(=C2C(=C(C#N)C#N)C2=C2C=C(C(C)(C)C)C(=O)C(C(C)(C)C)=C2)C=C(C(C)(C)C)C1=O. The van der Waals surface area contributed by atoms with Crippen LogP contribution in [0.4, 0.5) is 0 Å². The molecule has 0 aromatic rings. The molecule has 1 saturated carbocycles. The summed E-state index contributed by atoms with van der Waals surface area (Å²) >= 11 is 0. The minimum atomic E-state index is -0.386. The van der Waals surface area contributed by atoms with Crippen LogP contribution in [0.2, 0.25) is 0 Å². The van der Waals surface area contributed by atoms with Crippen molar-refractivity contribution in [3.05, 3.63) is 80.0 Å². The predicted octanol–water partition coefficient (Wildman–Crippen LogP) is 7.99. The molecule has 0 aromatic carbocycles. The molecule has 4 nitrogen and oxygen atoms in total. The summed E-state index contributed by atoms with van der Waals surface area (Å²) < 4.78 is 0. The number of allylic oxidation sites excluding steroid dienone is 14. The van der Waals surface area contributed by atoms with Crippen molar-refractivity contribution in [2.75, 3.05) is 0 Å². The van der Waals surface area contributed by atoms with Crippen molar-refractivity contribution in [3.8, 4) is 12.1 Å². The van der Waals surface area contributed by atoms with Crippen molar-refractivity contribution in [1.82, 2.24) is 0 Å². The smallest absolute Gasteiger partial charge is 0.186 e. The van der Waals surface area contributed by atoms with Gasteiger partial charge in [-0.05, 0) is 57.1 Å². The molecule has 0 saturated heterocycles. The second-order valence-electron chi connectivity index (χ2n) is 14.5. The number of ketones is 2. The highest BCUT2D eigenvalue weighted by atomic mass is 16.1. The number of carbonyl (C=O) groups is 2. The molecule has 0 heterocycles. The van der Waals surface area contributed by atoms with Crippen molar-refractivity contribution < 1.29 is 9.59 Å². The van der Waals surface area contributed by atoms with Crippen molar-refractivity contribution in [1.29, 1.82) is 10.5 Å². The van der Waals surface area contributed by atoms with Gasteiger partial charge >= 0.3 is 0 Å². The summed E-state index contributed by atoms with van der Waals surface area (Å²) in [6.45, 7) is 24.3. The maximum atomic E-state index is 13.5. The summed E-state index contributed by atoms with van der Waals surface area (Å²) in [5.41, 5.74) is 5.17. The molecule has 38 heavy (non-hydrogen) atoms. The summed E-state index contributed by atoms with van der Waals surface area (Å²) in [4.78, 5) is 27.0. The monoisotopic (exact) mass is 508 g/mol. The van der Waals surface area contributed by atoms with Crippen molar-refractivity contribution in [2.24, 2.45) is 21.7 Å². The van der Waals surface area contributed by atoms with Crippen LogP contribution in [0.15, 0.2) is 80.0 Å². The van der Waals surface area contributed by atoms with E-state index in [2.05, 4.69) is 12.1 Å². The third-order valence-corrected chi connectivity index (χ3v) is 7.15. The van der Waals surface area contributed by atoms with Crippen LogP contribution in [-0.2, 0) is 9.59 Å². The van der Waals surface area contributed by atoms with E-state index in [1.165, 1.54) is 0 Å². The van der Waals surface area contributed by atoms with Crippen LogP contribution in [0.5, 0.6) is 0 Å². The third kappa shape index (κ3) is 5.23. The Morgan fingerprint density at radius 3 is 0.947 bits per heavy atom. The van der Waals surface area contributed by atoms with Gasteiger partial charge in [-0.25, -0.2) is 0 Å². The van der Waals surface area contributed by atoms with Gasteiger partial charge in [0.25, 0.3) is 0 Å². The van der Waals surface area contributed by atoms with Gasteiger partial charge in [0.2, 0.25) is 0 Å². The Balaban J connectivity index is 2.52. The Morgan fingerprint density at radius 1 is 0.526 bits per heavy atom. The number of Topliss-reactive ketones (excluding diaryl/α,β-unsaturated/α-hetero) is 2. The fourth-order valence-electron chi connectivity index (χ4n) is 4.93. The van der Waals surface area contributed by atoms with E-state index >= 15 is 0 Å². The van der Waals surface area contributed by atoms with Crippen molar-refractivity contribution >= 4 is 11.6 Å². The van der Waals surface area contributed by atoms with E-state index in [1.807, 2.05) is 107 Å². The van der Waals surface area contributed by atoms with Gasteiger partial charge in [0.15, 0.2) is 11.6 Å². The van der Waals surface area contributed by atoms with Gasteiger partial charge < -0.3 is 0 Å². The first-order valence-electron chi connectivity index (χ1n) is 13.2. The summed E-state index contributed by atoms with van der Waals surface area (Å²) in [5, 5.41) is 19.7. The lowest BCUT2D eigenvalue weighted by Crippen LogP contribution is -2.28. The van der Waals surface area contributed by atoms with Crippen molar-refractivity contribution in [3.63, 3.8) is 0 Å². The normalized spacial score (nSPS) is 18.9. The lowest BCUT2D eigenvalue weighted by atomic mass is 9.71. The average Bonchev–Trinajstić information content (AvgIpc) is 3.47. The average molecular weight is 509 g/mol. The molecule has 0 amide bonds. The zero-order valence-electron chi connectivity index (χ0n) is 25.0. The summed E-state index contributed by atoms with van der Waals surface area (Å²) in [7, 11) is 0. The minimum absolute atomic E-state index is 0.0311. The van der Waals surface area contributed by atoms with Crippen LogP contribution in [-0.4, -0.2) is 11.6 Å². The Bertz CT molecular complexity index is 1270. The molecule has 0 atom stereocenters. The highest BCUT2D eigenvalue weighted by Crippen LogP contribution is 2.55. The van der Waals surface area contributed by atoms with Gasteiger partial charge in [-0.3, -0.25) is 9.59 Å². The molecular formula is C34H40N2O2. The third-order valence-electron chi connectivity index (χ3n) is 7.15. The summed E-state index contributed by atoms with van der Waals surface area (Å²) in [6, 6.07) is 4.14. The molecule has 3 aliphatic rings. The van der Waals surface area contributed by atoms with Gasteiger partial charge in [0.05, 0.1) is 0 Å². The van der Waals surface area contributed by atoms with Gasteiger partial charge in [-0.2, -0.15) is 10.5 Å². The number of nitriles is 2. The second kappa shape index (κ2) is 9.06. The fourth-order valence-corrected chi connectivity index (χ4v) is 4.93. The number of rotatable bonds is 0. The van der Waals surface area contributed by atoms with E-state index in [0.717, 1.165) is 22.3 Å². The van der Waals surface area contributed by atoms with Gasteiger partial charge in [-0.15, -0.1) is 0 Å². The Hall–Kier alpha value is -3.50. The number of hydrogen-bond donors (Lipinski definition) is 0. The first-order valence-corrected chi connectivity index (χ1v) is 13.2. The van der Waals surface area contributed by atoms with Crippen LogP contribution in [0.25, 0.3) is 0 Å². The lowest BCUT2D eigenvalue weighted by molar-refractivity contribution is -0.114. The zero-order valence-corrected chi connectivity index (χ0v) is 25.0. The van der Waals surface area contributed by atoms with Crippen LogP contribution in [0.1, 0.15) is 83.1 Å². The zero-order chi connectivity index (χ0) is 29.2. The predicted molar refractivity (Wildman–Crippen MR) is 152 cm³/mol. The molecule has 4 heteroatoms. The number of nitrogens with zero attached hydrogens (tertiary/aromatic N) is 2. The largest absolute Gasteiger partial charge is 0.289 e. The van der Waals surface area contributed by atoms with Gasteiger partial charge in [0, 0.05) is 39.0 Å². The highest BCUT2D eigenvalue weighted by molar-refractivity contribution is 6.13. The molecule has 198 valence electrons. The Kier molecular flexibility index (Phi) is 6.93. The minimum Gasteiger partial charge on any atom is -0.289 e. The molecule has 0 N–H and O–H groups in total. The molecule has 0 radical (unpaired) electrons. The van der Waals surface area contributed by atoms with Gasteiger partial charge in [-0.1, -0.05) is 83.1 Å². The molecule has 0 spiro atoms. The second-order valence-corrected chi connectivity index (χ2v) is 14.5. The molecule has 0 aromatic heterocycles. The van der Waals surface area contributed by atoms with Crippen LogP contribution in [0.3, 0.4) is 0 Å². The maximum absolute atomic E-state index is 13.5. The van der Waals surface area contributed by atoms with E-state index in [4.69, 9.17) is 0 Å². The Labute approximate surface area is 228 Å². The molecule has 0 unspecified atom stereocenters. The molecule has 0 aliphatic heterocycles. The number of carbonyl (C=O) groups excluding carboxylic acids is 2. The van der Waals surface area contributed by atoms with Crippen molar-refractivity contribution in [2.45, 2.75) is 83.1 Å². The first kappa shape index (κ1) is 29.1. The van der Waals surface area contributed by atoms with E-state index < -0.39 is 0 Å². The maximum Gasteiger partial charge on any atom is 0.186 e. The fraction of sp³-hybridized carbons (Fsp3) is 0.471. The molecule has 3 aliphatic carbocycles. The molecule has 0 bridgehead atoms. The standard InChI is InChI=1S/C34H40N2O2/c1-31(2,3)22-13-19(14-23(29(22)37)32(4,5)6)26-27(28(26)21(17-35)18-36)20-15-24(33(7,8)9)30(38)25(16-20)34(10,11)12/h13-16H,1-12H3. The summed E-state index contributed by atoms with van der Waals surface area (Å²) in [5.74, 6) is 0.0622. The number of hydrogen-bond acceptors (Lipinski definition) is 4. The molecule has 3 rings (SSSR count).